The number of rotatable bonds is 6. The molecule has 0 spiro atoms. The van der Waals surface area contributed by atoms with Crippen LogP contribution in [-0.2, 0) is 4.74 Å². The van der Waals surface area contributed by atoms with Gasteiger partial charge in [-0.1, -0.05) is 12.2 Å². The molecule has 0 heterocycles. The van der Waals surface area contributed by atoms with E-state index in [9.17, 15) is 0 Å². The number of hydrogen-bond acceptors (Lipinski definition) is 3. The molecule has 100 valence electrons. The van der Waals surface area contributed by atoms with Crippen LogP contribution in [0, 0.1) is 0 Å². The third-order valence-electron chi connectivity index (χ3n) is 2.49. The molecule has 0 saturated carbocycles. The van der Waals surface area contributed by atoms with Crippen LogP contribution < -0.4 is 11.1 Å². The number of halogens is 1. The quantitative estimate of drug-likeness (QED) is 0.785. The van der Waals surface area contributed by atoms with Crippen molar-refractivity contribution in [2.45, 2.75) is 26.4 Å². The fourth-order valence-electron chi connectivity index (χ4n) is 1.58. The second-order valence-corrected chi connectivity index (χ2v) is 5.90. The minimum absolute atomic E-state index is 0.191. The van der Waals surface area contributed by atoms with Crippen molar-refractivity contribution in [1.29, 1.82) is 0 Å². The van der Waals surface area contributed by atoms with Gasteiger partial charge in [0.05, 0.1) is 5.60 Å². The summed E-state index contributed by atoms with van der Waals surface area (Å²) >= 11 is 8.42. The number of nitrogens with one attached hydrogen (secondary N) is 1. The molecule has 1 aromatic carbocycles. The maximum atomic E-state index is 5.63. The van der Waals surface area contributed by atoms with Gasteiger partial charge < -0.3 is 15.8 Å². The van der Waals surface area contributed by atoms with Crippen molar-refractivity contribution in [2.75, 3.05) is 18.5 Å². The number of ether oxygens (including phenoxy) is 1. The predicted molar refractivity (Wildman–Crippen MR) is 84.2 cm³/mol. The summed E-state index contributed by atoms with van der Waals surface area (Å²) < 4.78 is 6.53. The van der Waals surface area contributed by atoms with Gasteiger partial charge in [0, 0.05) is 28.9 Å². The van der Waals surface area contributed by atoms with E-state index in [4.69, 9.17) is 22.7 Å². The molecule has 1 aromatic rings. The zero-order valence-electron chi connectivity index (χ0n) is 10.9. The van der Waals surface area contributed by atoms with Crippen molar-refractivity contribution >= 4 is 38.8 Å². The van der Waals surface area contributed by atoms with Gasteiger partial charge in [0.2, 0.25) is 0 Å². The second-order valence-electron chi connectivity index (χ2n) is 4.61. The number of thiocarbonyl (C=S) groups is 1. The highest BCUT2D eigenvalue weighted by Crippen LogP contribution is 2.22. The van der Waals surface area contributed by atoms with Crippen LogP contribution in [0.25, 0.3) is 0 Å². The molecule has 0 atom stereocenters. The molecule has 0 bridgehead atoms. The molecular formula is C13H19BrN2OS. The molecule has 0 aliphatic carbocycles. The monoisotopic (exact) mass is 330 g/mol. The zero-order chi connectivity index (χ0) is 13.8. The fraction of sp³-hybridized carbons (Fsp3) is 0.462. The van der Waals surface area contributed by atoms with Crippen molar-refractivity contribution in [1.82, 2.24) is 0 Å². The van der Waals surface area contributed by atoms with Gasteiger partial charge in [0.1, 0.15) is 4.99 Å². The van der Waals surface area contributed by atoms with Gasteiger partial charge in [0.15, 0.2) is 0 Å². The van der Waals surface area contributed by atoms with E-state index >= 15 is 0 Å². The lowest BCUT2D eigenvalue weighted by Crippen LogP contribution is -2.33. The summed E-state index contributed by atoms with van der Waals surface area (Å²) in [5, 5.41) is 3.34. The largest absolute Gasteiger partial charge is 0.389 e. The lowest BCUT2D eigenvalue weighted by molar-refractivity contribution is 0.000698. The van der Waals surface area contributed by atoms with E-state index in [2.05, 4.69) is 35.1 Å². The Morgan fingerprint density at radius 1 is 1.50 bits per heavy atom. The summed E-state index contributed by atoms with van der Waals surface area (Å²) in [4.78, 5) is 0.392. The number of hydrogen-bond donors (Lipinski definition) is 2. The molecular weight excluding hydrogens is 312 g/mol. The van der Waals surface area contributed by atoms with Crippen LogP contribution in [-0.4, -0.2) is 23.7 Å². The molecule has 0 radical (unpaired) electrons. The van der Waals surface area contributed by atoms with Crippen LogP contribution in [0.15, 0.2) is 22.7 Å². The van der Waals surface area contributed by atoms with E-state index in [0.717, 1.165) is 22.3 Å². The molecule has 0 saturated heterocycles. The van der Waals surface area contributed by atoms with Crippen molar-refractivity contribution in [3.63, 3.8) is 0 Å². The smallest absolute Gasteiger partial charge is 0.105 e. The van der Waals surface area contributed by atoms with E-state index in [1.54, 1.807) is 0 Å². The van der Waals surface area contributed by atoms with E-state index in [1.165, 1.54) is 0 Å². The fourth-order valence-corrected chi connectivity index (χ4v) is 2.48. The Morgan fingerprint density at radius 2 is 2.17 bits per heavy atom. The van der Waals surface area contributed by atoms with Crippen LogP contribution in [0.3, 0.4) is 0 Å². The van der Waals surface area contributed by atoms with Gasteiger partial charge in [-0.05, 0) is 54.9 Å². The first-order chi connectivity index (χ1) is 8.35. The standard InChI is InChI=1S/C13H19BrN2OS/c1-4-17-13(2,3)8-16-9-5-6-10(12(15)18)11(14)7-9/h5-7,16H,4,8H2,1-3H3,(H2,15,18). The molecule has 0 amide bonds. The van der Waals surface area contributed by atoms with E-state index < -0.39 is 0 Å². The topological polar surface area (TPSA) is 47.3 Å². The Hall–Kier alpha value is -0.650. The van der Waals surface area contributed by atoms with E-state index in [-0.39, 0.29) is 5.60 Å². The van der Waals surface area contributed by atoms with Crippen LogP contribution in [0.2, 0.25) is 0 Å². The number of benzene rings is 1. The highest BCUT2D eigenvalue weighted by atomic mass is 79.9. The van der Waals surface area contributed by atoms with E-state index in [1.807, 2.05) is 25.1 Å². The van der Waals surface area contributed by atoms with Crippen molar-refractivity contribution in [3.05, 3.63) is 28.2 Å². The van der Waals surface area contributed by atoms with Gasteiger partial charge in [-0.3, -0.25) is 0 Å². The highest BCUT2D eigenvalue weighted by molar-refractivity contribution is 9.10. The molecule has 5 heteroatoms. The summed E-state index contributed by atoms with van der Waals surface area (Å²) in [6.07, 6.45) is 0. The summed E-state index contributed by atoms with van der Waals surface area (Å²) in [6.45, 7) is 7.55. The van der Waals surface area contributed by atoms with Crippen LogP contribution >= 0.6 is 28.1 Å². The number of nitrogens with two attached hydrogens (primary N) is 1. The lowest BCUT2D eigenvalue weighted by Gasteiger charge is -2.25. The first-order valence-corrected chi connectivity index (χ1v) is 7.03. The lowest BCUT2D eigenvalue weighted by atomic mass is 10.1. The molecule has 3 N–H and O–H groups in total. The Labute approximate surface area is 122 Å². The Morgan fingerprint density at radius 3 is 2.67 bits per heavy atom. The van der Waals surface area contributed by atoms with Gasteiger partial charge in [-0.25, -0.2) is 0 Å². The van der Waals surface area contributed by atoms with Gasteiger partial charge in [-0.15, -0.1) is 0 Å². The first kappa shape index (κ1) is 15.4. The first-order valence-electron chi connectivity index (χ1n) is 5.83. The molecule has 1 rings (SSSR count). The minimum Gasteiger partial charge on any atom is -0.389 e. The van der Waals surface area contributed by atoms with Crippen molar-refractivity contribution in [3.8, 4) is 0 Å². The number of anilines is 1. The van der Waals surface area contributed by atoms with Crippen LogP contribution in [0.1, 0.15) is 26.3 Å². The van der Waals surface area contributed by atoms with E-state index in [0.29, 0.717) is 11.6 Å². The van der Waals surface area contributed by atoms with Gasteiger partial charge >= 0.3 is 0 Å². The zero-order valence-corrected chi connectivity index (χ0v) is 13.3. The summed E-state index contributed by atoms with van der Waals surface area (Å²) in [5.74, 6) is 0. The summed E-state index contributed by atoms with van der Waals surface area (Å²) in [7, 11) is 0. The molecule has 0 aliphatic rings. The molecule has 0 aliphatic heterocycles. The molecule has 0 aromatic heterocycles. The summed E-state index contributed by atoms with van der Waals surface area (Å²) in [6, 6.07) is 5.83. The normalized spacial score (nSPS) is 11.3. The maximum Gasteiger partial charge on any atom is 0.105 e. The third kappa shape index (κ3) is 4.55. The summed E-state index contributed by atoms with van der Waals surface area (Å²) in [5.41, 5.74) is 7.27. The highest BCUT2D eigenvalue weighted by Gasteiger charge is 2.17. The van der Waals surface area contributed by atoms with Crippen LogP contribution in [0.5, 0.6) is 0 Å². The van der Waals surface area contributed by atoms with Crippen LogP contribution in [0.4, 0.5) is 5.69 Å². The minimum atomic E-state index is -0.191. The second kappa shape index (κ2) is 6.50. The molecule has 3 nitrogen and oxygen atoms in total. The third-order valence-corrected chi connectivity index (χ3v) is 3.36. The Bertz CT molecular complexity index is 435. The average molecular weight is 331 g/mol. The Kier molecular flexibility index (Phi) is 5.56. The molecule has 18 heavy (non-hydrogen) atoms. The average Bonchev–Trinajstić information content (AvgIpc) is 2.26. The van der Waals surface area contributed by atoms with Gasteiger partial charge in [0.25, 0.3) is 0 Å². The molecule has 0 fully saturated rings. The van der Waals surface area contributed by atoms with Crippen molar-refractivity contribution < 1.29 is 4.74 Å². The van der Waals surface area contributed by atoms with Gasteiger partial charge in [-0.2, -0.15) is 0 Å². The molecule has 0 unspecified atom stereocenters. The Balaban J connectivity index is 2.70. The SMILES string of the molecule is CCOC(C)(C)CNc1ccc(C(N)=S)c(Br)c1. The predicted octanol–water partition coefficient (Wildman–Crippen LogP) is 3.31. The maximum absolute atomic E-state index is 5.63. The van der Waals surface area contributed by atoms with Crippen molar-refractivity contribution in [2.24, 2.45) is 5.73 Å².